The van der Waals surface area contributed by atoms with Crippen molar-refractivity contribution in [2.24, 2.45) is 0 Å². The van der Waals surface area contributed by atoms with E-state index in [1.807, 2.05) is 31.2 Å². The Labute approximate surface area is 197 Å². The van der Waals surface area contributed by atoms with Gasteiger partial charge in [0, 0.05) is 5.56 Å². The number of hydrogen-bond acceptors (Lipinski definition) is 3. The second kappa shape index (κ2) is 10.2. The molecule has 0 aromatic heterocycles. The van der Waals surface area contributed by atoms with Crippen molar-refractivity contribution in [2.75, 3.05) is 6.61 Å². The summed E-state index contributed by atoms with van der Waals surface area (Å²) in [7, 11) is 0. The van der Waals surface area contributed by atoms with Crippen molar-refractivity contribution in [2.45, 2.75) is 13.5 Å². The minimum absolute atomic E-state index is 0.191. The molecule has 0 saturated heterocycles. The standard InChI is InChI=1S/C28H21ClFNO2/c1-2-32-27-16-19(14-22(17-31)24-12-5-6-13-26(24)30)15-25(29)28(27)33-18-21-10-7-9-20-8-3-4-11-23(20)21/h3-16H,2,18H2,1H3. The molecule has 4 aromatic carbocycles. The molecule has 4 aromatic rings. The molecule has 5 heteroatoms. The zero-order valence-corrected chi connectivity index (χ0v) is 18.8. The van der Waals surface area contributed by atoms with Crippen molar-refractivity contribution < 1.29 is 13.9 Å². The van der Waals surface area contributed by atoms with E-state index >= 15 is 0 Å². The Morgan fingerprint density at radius 1 is 1.00 bits per heavy atom. The monoisotopic (exact) mass is 457 g/mol. The first-order chi connectivity index (χ1) is 16.1. The minimum atomic E-state index is -0.462. The maximum atomic E-state index is 14.2. The second-order valence-electron chi connectivity index (χ2n) is 7.34. The highest BCUT2D eigenvalue weighted by atomic mass is 35.5. The summed E-state index contributed by atoms with van der Waals surface area (Å²) in [6.07, 6.45) is 1.58. The van der Waals surface area contributed by atoms with Gasteiger partial charge in [-0.25, -0.2) is 4.39 Å². The van der Waals surface area contributed by atoms with Crippen LogP contribution >= 0.6 is 11.6 Å². The van der Waals surface area contributed by atoms with E-state index < -0.39 is 5.82 Å². The molecule has 0 radical (unpaired) electrons. The zero-order chi connectivity index (χ0) is 23.2. The molecule has 164 valence electrons. The molecule has 0 atom stereocenters. The lowest BCUT2D eigenvalue weighted by Crippen LogP contribution is -2.01. The van der Waals surface area contributed by atoms with Gasteiger partial charge in [0.15, 0.2) is 11.5 Å². The number of rotatable bonds is 7. The van der Waals surface area contributed by atoms with Crippen molar-refractivity contribution >= 4 is 34.0 Å². The fourth-order valence-corrected chi connectivity index (χ4v) is 3.93. The minimum Gasteiger partial charge on any atom is -0.490 e. The van der Waals surface area contributed by atoms with E-state index in [2.05, 4.69) is 24.3 Å². The Kier molecular flexibility index (Phi) is 6.92. The predicted molar refractivity (Wildman–Crippen MR) is 131 cm³/mol. The van der Waals surface area contributed by atoms with Crippen LogP contribution in [0.3, 0.4) is 0 Å². The molecule has 0 bridgehead atoms. The van der Waals surface area contributed by atoms with Gasteiger partial charge in [-0.1, -0.05) is 72.3 Å². The number of halogens is 2. The summed E-state index contributed by atoms with van der Waals surface area (Å²) in [5.41, 5.74) is 2.06. The zero-order valence-electron chi connectivity index (χ0n) is 18.0. The fraction of sp³-hybridized carbons (Fsp3) is 0.107. The lowest BCUT2D eigenvalue weighted by atomic mass is 10.0. The maximum Gasteiger partial charge on any atom is 0.180 e. The summed E-state index contributed by atoms with van der Waals surface area (Å²) in [5.74, 6) is 0.423. The maximum absolute atomic E-state index is 14.2. The highest BCUT2D eigenvalue weighted by Crippen LogP contribution is 2.38. The molecular weight excluding hydrogens is 437 g/mol. The summed E-state index contributed by atoms with van der Waals surface area (Å²) < 4.78 is 26.1. The average Bonchev–Trinajstić information content (AvgIpc) is 2.83. The van der Waals surface area contributed by atoms with Gasteiger partial charge in [0.25, 0.3) is 0 Å². The molecular formula is C28H21ClFNO2. The van der Waals surface area contributed by atoms with Crippen LogP contribution < -0.4 is 9.47 Å². The molecule has 33 heavy (non-hydrogen) atoms. The molecule has 4 rings (SSSR count). The van der Waals surface area contributed by atoms with Crippen molar-refractivity contribution in [3.63, 3.8) is 0 Å². The molecule has 0 unspecified atom stereocenters. The van der Waals surface area contributed by atoms with Gasteiger partial charge >= 0.3 is 0 Å². The van der Waals surface area contributed by atoms with Gasteiger partial charge in [0.2, 0.25) is 0 Å². The van der Waals surface area contributed by atoms with Crippen LogP contribution in [0.25, 0.3) is 22.4 Å². The third kappa shape index (κ3) is 5.00. The van der Waals surface area contributed by atoms with E-state index in [1.165, 1.54) is 6.07 Å². The van der Waals surface area contributed by atoms with Crippen LogP contribution in [0.15, 0.2) is 78.9 Å². The van der Waals surface area contributed by atoms with Crippen LogP contribution in [0.2, 0.25) is 5.02 Å². The number of fused-ring (bicyclic) bond motifs is 1. The van der Waals surface area contributed by atoms with Crippen molar-refractivity contribution in [3.05, 3.63) is 106 Å². The SMILES string of the molecule is CCOc1cc(C=C(C#N)c2ccccc2F)cc(Cl)c1OCc1cccc2ccccc12. The first-order valence-corrected chi connectivity index (χ1v) is 10.9. The quantitative estimate of drug-likeness (QED) is 0.211. The molecule has 0 aliphatic rings. The van der Waals surface area contributed by atoms with Crippen LogP contribution in [0.5, 0.6) is 11.5 Å². The molecule has 0 spiro atoms. The third-order valence-electron chi connectivity index (χ3n) is 5.18. The first kappa shape index (κ1) is 22.4. The number of allylic oxidation sites excluding steroid dienone is 1. The van der Waals surface area contributed by atoms with E-state index in [9.17, 15) is 9.65 Å². The second-order valence-corrected chi connectivity index (χ2v) is 7.75. The van der Waals surface area contributed by atoms with Gasteiger partial charge in [-0.15, -0.1) is 0 Å². The number of nitriles is 1. The predicted octanol–water partition coefficient (Wildman–Crippen LogP) is 7.67. The summed E-state index contributed by atoms with van der Waals surface area (Å²) in [5, 5.41) is 12.2. The molecule has 0 amide bonds. The molecule has 0 heterocycles. The van der Waals surface area contributed by atoms with Gasteiger partial charge in [-0.3, -0.25) is 0 Å². The Bertz CT molecular complexity index is 1370. The Morgan fingerprint density at radius 2 is 1.76 bits per heavy atom. The Hall–Kier alpha value is -3.81. The molecule has 0 aliphatic carbocycles. The van der Waals surface area contributed by atoms with Gasteiger partial charge in [0.1, 0.15) is 12.4 Å². The Morgan fingerprint density at radius 3 is 2.55 bits per heavy atom. The topological polar surface area (TPSA) is 42.2 Å². The van der Waals surface area contributed by atoms with Crippen LogP contribution in [0, 0.1) is 17.1 Å². The molecule has 3 nitrogen and oxygen atoms in total. The summed E-state index contributed by atoms with van der Waals surface area (Å²) >= 11 is 6.57. The van der Waals surface area contributed by atoms with E-state index in [0.717, 1.165) is 16.3 Å². The highest BCUT2D eigenvalue weighted by Gasteiger charge is 2.14. The van der Waals surface area contributed by atoms with Gasteiger partial charge in [-0.2, -0.15) is 5.26 Å². The molecule has 0 aliphatic heterocycles. The molecule has 0 N–H and O–H groups in total. The summed E-state index contributed by atoms with van der Waals surface area (Å²) in [4.78, 5) is 0. The van der Waals surface area contributed by atoms with Crippen molar-refractivity contribution in [1.29, 1.82) is 5.26 Å². The largest absolute Gasteiger partial charge is 0.490 e. The van der Waals surface area contributed by atoms with Gasteiger partial charge < -0.3 is 9.47 Å². The summed E-state index contributed by atoms with van der Waals surface area (Å²) in [6, 6.07) is 25.8. The number of hydrogen-bond donors (Lipinski definition) is 0. The summed E-state index contributed by atoms with van der Waals surface area (Å²) in [6.45, 7) is 2.59. The van der Waals surface area contributed by atoms with E-state index in [4.69, 9.17) is 21.1 Å². The third-order valence-corrected chi connectivity index (χ3v) is 5.46. The van der Waals surface area contributed by atoms with Gasteiger partial charge in [-0.05, 0) is 53.1 Å². The number of benzene rings is 4. The van der Waals surface area contributed by atoms with Crippen LogP contribution in [-0.4, -0.2) is 6.61 Å². The lowest BCUT2D eigenvalue weighted by molar-refractivity contribution is 0.270. The average molecular weight is 458 g/mol. The smallest absolute Gasteiger partial charge is 0.180 e. The first-order valence-electron chi connectivity index (χ1n) is 10.5. The van der Waals surface area contributed by atoms with Crippen molar-refractivity contribution in [1.82, 2.24) is 0 Å². The van der Waals surface area contributed by atoms with E-state index in [-0.39, 0.29) is 11.1 Å². The fourth-order valence-electron chi connectivity index (χ4n) is 3.66. The van der Waals surface area contributed by atoms with E-state index in [1.54, 1.807) is 36.4 Å². The van der Waals surface area contributed by atoms with Crippen LogP contribution in [0.4, 0.5) is 4.39 Å². The number of nitrogens with zero attached hydrogens (tertiary/aromatic N) is 1. The van der Waals surface area contributed by atoms with Crippen molar-refractivity contribution in [3.8, 4) is 17.6 Å². The van der Waals surface area contributed by atoms with Gasteiger partial charge in [0.05, 0.1) is 23.3 Å². The highest BCUT2D eigenvalue weighted by molar-refractivity contribution is 6.32. The lowest BCUT2D eigenvalue weighted by Gasteiger charge is -2.15. The Balaban J connectivity index is 1.67. The van der Waals surface area contributed by atoms with E-state index in [0.29, 0.717) is 35.3 Å². The molecule has 0 fully saturated rings. The normalized spacial score (nSPS) is 11.3. The number of ether oxygens (including phenoxy) is 2. The van der Waals surface area contributed by atoms with Crippen LogP contribution in [0.1, 0.15) is 23.6 Å². The molecule has 0 saturated carbocycles. The van der Waals surface area contributed by atoms with Crippen LogP contribution in [-0.2, 0) is 6.61 Å².